The second-order valence-electron chi connectivity index (χ2n) is 5.90. The minimum absolute atomic E-state index is 0.0652. The van der Waals surface area contributed by atoms with Crippen molar-refractivity contribution in [3.05, 3.63) is 30.6 Å². The Morgan fingerprint density at radius 1 is 1.12 bits per heavy atom. The summed E-state index contributed by atoms with van der Waals surface area (Å²) in [5.41, 5.74) is 1.75. The molecule has 0 atom stereocenters. The van der Waals surface area contributed by atoms with Crippen molar-refractivity contribution in [3.8, 4) is 11.4 Å². The van der Waals surface area contributed by atoms with Crippen LogP contribution in [0, 0.1) is 0 Å². The summed E-state index contributed by atoms with van der Waals surface area (Å²) in [4.78, 5) is 18.6. The summed E-state index contributed by atoms with van der Waals surface area (Å²) in [6, 6.07) is 7.60. The Hall–Kier alpha value is -2.21. The van der Waals surface area contributed by atoms with Crippen LogP contribution >= 0.6 is 0 Å². The maximum Gasteiger partial charge on any atom is 0.224 e. The average Bonchev–Trinajstić information content (AvgIpc) is 3.10. The Balaban J connectivity index is 1.76. The summed E-state index contributed by atoms with van der Waals surface area (Å²) in [6.45, 7) is 7.59. The molecule has 1 heterocycles. The van der Waals surface area contributed by atoms with Gasteiger partial charge in [0.15, 0.2) is 5.82 Å². The molecule has 1 aromatic heterocycles. The first kappa shape index (κ1) is 18.1. The fourth-order valence-electron chi connectivity index (χ4n) is 2.71. The van der Waals surface area contributed by atoms with Crippen molar-refractivity contribution in [1.82, 2.24) is 20.1 Å². The van der Waals surface area contributed by atoms with Crippen LogP contribution < -0.4 is 5.32 Å². The fraction of sp³-hybridized carbons (Fsp3) is 0.500. The van der Waals surface area contributed by atoms with Crippen LogP contribution in [0.3, 0.4) is 0 Å². The normalized spacial score (nSPS) is 11.0. The maximum absolute atomic E-state index is 12.1. The van der Waals surface area contributed by atoms with Gasteiger partial charge < -0.3 is 10.2 Å². The van der Waals surface area contributed by atoms with E-state index in [1.807, 2.05) is 24.3 Å². The molecule has 0 spiro atoms. The number of rotatable bonds is 10. The van der Waals surface area contributed by atoms with Gasteiger partial charge in [0.1, 0.15) is 6.33 Å². The largest absolute Gasteiger partial charge is 0.326 e. The number of aromatic nitrogens is 3. The summed E-state index contributed by atoms with van der Waals surface area (Å²) in [5, 5.41) is 9.60. The van der Waals surface area contributed by atoms with E-state index in [0.29, 0.717) is 6.42 Å². The van der Waals surface area contributed by atoms with Gasteiger partial charge in [-0.05, 0) is 63.2 Å². The van der Waals surface area contributed by atoms with E-state index in [-0.39, 0.29) is 5.91 Å². The predicted octanol–water partition coefficient (Wildman–Crippen LogP) is 3.31. The lowest BCUT2D eigenvalue weighted by Crippen LogP contribution is -2.27. The molecule has 0 bridgehead atoms. The molecule has 6 nitrogen and oxygen atoms in total. The number of aromatic amines is 1. The third kappa shape index (κ3) is 5.77. The zero-order chi connectivity index (χ0) is 17.2. The molecule has 0 saturated heterocycles. The molecule has 6 heteroatoms. The minimum Gasteiger partial charge on any atom is -0.326 e. The smallest absolute Gasteiger partial charge is 0.224 e. The van der Waals surface area contributed by atoms with E-state index in [4.69, 9.17) is 0 Å². The zero-order valence-corrected chi connectivity index (χ0v) is 14.6. The fourth-order valence-corrected chi connectivity index (χ4v) is 2.71. The molecule has 0 aliphatic carbocycles. The molecule has 1 aromatic carbocycles. The van der Waals surface area contributed by atoms with Crippen LogP contribution in [-0.4, -0.2) is 45.6 Å². The quantitative estimate of drug-likeness (QED) is 0.701. The number of anilines is 1. The number of hydrogen-bond donors (Lipinski definition) is 2. The molecule has 2 N–H and O–H groups in total. The Kier molecular flexibility index (Phi) is 7.42. The number of hydrogen-bond acceptors (Lipinski definition) is 4. The Morgan fingerprint density at radius 3 is 2.42 bits per heavy atom. The van der Waals surface area contributed by atoms with E-state index in [9.17, 15) is 4.79 Å². The first-order chi connectivity index (χ1) is 11.7. The van der Waals surface area contributed by atoms with Crippen LogP contribution in [0.1, 0.15) is 39.5 Å². The van der Waals surface area contributed by atoms with Crippen molar-refractivity contribution < 1.29 is 4.79 Å². The maximum atomic E-state index is 12.1. The molecule has 2 rings (SSSR count). The third-order valence-corrected chi connectivity index (χ3v) is 3.81. The molecule has 24 heavy (non-hydrogen) atoms. The lowest BCUT2D eigenvalue weighted by atomic mass is 10.2. The number of H-pyrrole nitrogens is 1. The number of carbonyl (C=O) groups excluding carboxylic acids is 1. The first-order valence-electron chi connectivity index (χ1n) is 8.71. The van der Waals surface area contributed by atoms with Gasteiger partial charge in [0.05, 0.1) is 0 Å². The van der Waals surface area contributed by atoms with Gasteiger partial charge in [0, 0.05) is 17.7 Å². The van der Waals surface area contributed by atoms with Crippen LogP contribution in [0.25, 0.3) is 11.4 Å². The van der Waals surface area contributed by atoms with E-state index >= 15 is 0 Å². The van der Waals surface area contributed by atoms with Crippen LogP contribution in [-0.2, 0) is 4.79 Å². The first-order valence-corrected chi connectivity index (χ1v) is 8.71. The average molecular weight is 329 g/mol. The van der Waals surface area contributed by atoms with Crippen molar-refractivity contribution in [2.45, 2.75) is 39.5 Å². The Morgan fingerprint density at radius 2 is 1.83 bits per heavy atom. The molecular weight excluding hydrogens is 302 g/mol. The van der Waals surface area contributed by atoms with E-state index in [2.05, 4.69) is 39.2 Å². The molecule has 0 aliphatic heterocycles. The van der Waals surface area contributed by atoms with E-state index in [1.165, 1.54) is 6.33 Å². The molecule has 2 aromatic rings. The van der Waals surface area contributed by atoms with E-state index in [0.717, 1.165) is 56.0 Å². The summed E-state index contributed by atoms with van der Waals surface area (Å²) >= 11 is 0. The highest BCUT2D eigenvalue weighted by Gasteiger charge is 2.07. The highest BCUT2D eigenvalue weighted by atomic mass is 16.1. The molecule has 0 fully saturated rings. The van der Waals surface area contributed by atoms with Crippen molar-refractivity contribution >= 4 is 11.6 Å². The zero-order valence-electron chi connectivity index (χ0n) is 14.6. The Bertz CT molecular complexity index is 588. The lowest BCUT2D eigenvalue weighted by Gasteiger charge is -2.20. The van der Waals surface area contributed by atoms with Crippen molar-refractivity contribution in [3.63, 3.8) is 0 Å². The second kappa shape index (κ2) is 9.82. The second-order valence-corrected chi connectivity index (χ2v) is 5.90. The third-order valence-electron chi connectivity index (χ3n) is 3.81. The number of amides is 1. The van der Waals surface area contributed by atoms with Gasteiger partial charge in [0.25, 0.3) is 0 Å². The number of carbonyl (C=O) groups is 1. The molecule has 0 aliphatic rings. The number of nitrogens with one attached hydrogen (secondary N) is 2. The molecular formula is C18H27N5O. The number of benzene rings is 1. The Labute approximate surface area is 143 Å². The van der Waals surface area contributed by atoms with Gasteiger partial charge in [-0.15, -0.1) is 0 Å². The van der Waals surface area contributed by atoms with Crippen molar-refractivity contribution in [2.24, 2.45) is 0 Å². The van der Waals surface area contributed by atoms with Gasteiger partial charge in [-0.2, -0.15) is 5.10 Å². The van der Waals surface area contributed by atoms with Crippen LogP contribution in [0.15, 0.2) is 30.6 Å². The number of nitrogens with zero attached hydrogens (tertiary/aromatic N) is 3. The topological polar surface area (TPSA) is 73.9 Å². The monoisotopic (exact) mass is 329 g/mol. The van der Waals surface area contributed by atoms with Crippen LogP contribution in [0.4, 0.5) is 5.69 Å². The predicted molar refractivity (Wildman–Crippen MR) is 96.7 cm³/mol. The highest BCUT2D eigenvalue weighted by Crippen LogP contribution is 2.17. The summed E-state index contributed by atoms with van der Waals surface area (Å²) in [6.07, 6.45) is 5.23. The van der Waals surface area contributed by atoms with Crippen molar-refractivity contribution in [2.75, 3.05) is 25.0 Å². The van der Waals surface area contributed by atoms with Gasteiger partial charge in [-0.1, -0.05) is 13.8 Å². The van der Waals surface area contributed by atoms with Gasteiger partial charge >= 0.3 is 0 Å². The van der Waals surface area contributed by atoms with Crippen LogP contribution in [0.2, 0.25) is 0 Å². The van der Waals surface area contributed by atoms with Gasteiger partial charge in [0.2, 0.25) is 5.91 Å². The molecule has 0 saturated carbocycles. The highest BCUT2D eigenvalue weighted by molar-refractivity contribution is 5.90. The summed E-state index contributed by atoms with van der Waals surface area (Å²) in [5.74, 6) is 0.787. The van der Waals surface area contributed by atoms with Gasteiger partial charge in [-0.25, -0.2) is 4.98 Å². The van der Waals surface area contributed by atoms with E-state index < -0.39 is 0 Å². The standard InChI is InChI=1S/C18H27N5O/c1-3-11-23(12-4-2)13-5-6-17(24)21-16-9-7-15(8-10-16)18-19-14-20-22-18/h7-10,14H,3-6,11-13H2,1-2H3,(H,21,24)(H,19,20,22). The molecule has 1 amide bonds. The summed E-state index contributed by atoms with van der Waals surface area (Å²) < 4.78 is 0. The summed E-state index contributed by atoms with van der Waals surface area (Å²) in [7, 11) is 0. The SMILES string of the molecule is CCCN(CCC)CCCC(=O)Nc1ccc(-c2ncn[nH]2)cc1. The lowest BCUT2D eigenvalue weighted by molar-refractivity contribution is -0.116. The van der Waals surface area contributed by atoms with E-state index in [1.54, 1.807) is 0 Å². The minimum atomic E-state index is 0.0652. The van der Waals surface area contributed by atoms with Crippen LogP contribution in [0.5, 0.6) is 0 Å². The molecule has 130 valence electrons. The van der Waals surface area contributed by atoms with Crippen molar-refractivity contribution in [1.29, 1.82) is 0 Å². The van der Waals surface area contributed by atoms with Gasteiger partial charge in [-0.3, -0.25) is 9.89 Å². The molecule has 0 radical (unpaired) electrons. The molecule has 0 unspecified atom stereocenters.